The summed E-state index contributed by atoms with van der Waals surface area (Å²) in [6.07, 6.45) is 18.4. The van der Waals surface area contributed by atoms with Crippen LogP contribution in [0.3, 0.4) is 0 Å². The minimum absolute atomic E-state index is 0.310. The number of hydrogen-bond donors (Lipinski definition) is 2. The van der Waals surface area contributed by atoms with Crippen LogP contribution in [0.5, 0.6) is 0 Å². The summed E-state index contributed by atoms with van der Waals surface area (Å²) in [6, 6.07) is 0. The molecule has 0 aliphatic rings. The van der Waals surface area contributed by atoms with Gasteiger partial charge in [-0.15, -0.1) is 0 Å². The van der Waals surface area contributed by atoms with Crippen molar-refractivity contribution in [1.29, 1.82) is 0 Å². The van der Waals surface area contributed by atoms with Crippen molar-refractivity contribution >= 4 is 6.09 Å². The normalized spacial score (nSPS) is 11.9. The van der Waals surface area contributed by atoms with Crippen molar-refractivity contribution in [2.45, 2.75) is 103 Å². The van der Waals surface area contributed by atoms with Crippen molar-refractivity contribution < 1.29 is 14.7 Å². The summed E-state index contributed by atoms with van der Waals surface area (Å²) >= 11 is 0. The van der Waals surface area contributed by atoms with Gasteiger partial charge in [-0.2, -0.15) is 0 Å². The van der Waals surface area contributed by atoms with E-state index in [0.717, 1.165) is 19.3 Å². The lowest BCUT2D eigenvalue weighted by Gasteiger charge is -2.12. The molecule has 0 bridgehead atoms. The highest BCUT2D eigenvalue weighted by Crippen LogP contribution is 2.14. The van der Waals surface area contributed by atoms with Gasteiger partial charge in [0.1, 0.15) is 6.10 Å². The second kappa shape index (κ2) is 17.3. The van der Waals surface area contributed by atoms with Crippen LogP contribution in [0.15, 0.2) is 12.7 Å². The zero-order valence-corrected chi connectivity index (χ0v) is 15.0. The lowest BCUT2D eigenvalue weighted by atomic mass is 10.0. The molecule has 4 nitrogen and oxygen atoms in total. The molecule has 4 heteroatoms. The van der Waals surface area contributed by atoms with E-state index < -0.39 is 6.09 Å². The third kappa shape index (κ3) is 15.6. The average molecular weight is 328 g/mol. The molecule has 0 aromatic heterocycles. The van der Waals surface area contributed by atoms with E-state index in [1.807, 2.05) is 0 Å². The minimum atomic E-state index is -0.815. The van der Waals surface area contributed by atoms with Gasteiger partial charge in [-0.3, -0.25) is 5.21 Å². The fourth-order valence-electron chi connectivity index (χ4n) is 2.75. The molecule has 0 heterocycles. The summed E-state index contributed by atoms with van der Waals surface area (Å²) in [7, 11) is 0. The molecule has 0 saturated carbocycles. The largest absolute Gasteiger partial charge is 0.441 e. The maximum atomic E-state index is 10.9. The van der Waals surface area contributed by atoms with Gasteiger partial charge in [0, 0.05) is 0 Å². The third-order valence-electron chi connectivity index (χ3n) is 4.20. The van der Waals surface area contributed by atoms with E-state index in [1.54, 1.807) is 6.08 Å². The summed E-state index contributed by atoms with van der Waals surface area (Å²) in [5.74, 6) is 0. The highest BCUT2D eigenvalue weighted by Gasteiger charge is 2.09. The molecule has 136 valence electrons. The molecule has 23 heavy (non-hydrogen) atoms. The quantitative estimate of drug-likeness (QED) is 0.155. The SMILES string of the molecule is C=C[C@H](CCCCCCCCCCCCCCC)OC(=O)NO. The fourth-order valence-corrected chi connectivity index (χ4v) is 2.75. The van der Waals surface area contributed by atoms with E-state index in [2.05, 4.69) is 13.5 Å². The average Bonchev–Trinajstić information content (AvgIpc) is 2.57. The first-order valence-electron chi connectivity index (χ1n) is 9.47. The monoisotopic (exact) mass is 327 g/mol. The molecule has 0 fully saturated rings. The fraction of sp³-hybridized carbons (Fsp3) is 0.842. The van der Waals surface area contributed by atoms with E-state index in [1.165, 1.54) is 76.1 Å². The summed E-state index contributed by atoms with van der Waals surface area (Å²) in [5.41, 5.74) is 1.47. The number of carbonyl (C=O) groups is 1. The Balaban J connectivity index is 3.26. The van der Waals surface area contributed by atoms with Gasteiger partial charge < -0.3 is 4.74 Å². The van der Waals surface area contributed by atoms with E-state index in [-0.39, 0.29) is 6.10 Å². The Bertz CT molecular complexity index is 282. The maximum absolute atomic E-state index is 10.9. The van der Waals surface area contributed by atoms with Gasteiger partial charge in [-0.1, -0.05) is 96.6 Å². The van der Waals surface area contributed by atoms with Crippen LogP contribution in [0.4, 0.5) is 4.79 Å². The first-order valence-corrected chi connectivity index (χ1v) is 9.47. The molecule has 0 aromatic carbocycles. The highest BCUT2D eigenvalue weighted by molar-refractivity contribution is 5.65. The molecular weight excluding hydrogens is 290 g/mol. The predicted molar refractivity (Wildman–Crippen MR) is 95.7 cm³/mol. The lowest BCUT2D eigenvalue weighted by Crippen LogP contribution is -2.25. The summed E-state index contributed by atoms with van der Waals surface area (Å²) in [6.45, 7) is 5.90. The van der Waals surface area contributed by atoms with Crippen LogP contribution in [0.25, 0.3) is 0 Å². The molecule has 0 unspecified atom stereocenters. The van der Waals surface area contributed by atoms with Gasteiger partial charge in [0.05, 0.1) is 0 Å². The third-order valence-corrected chi connectivity index (χ3v) is 4.20. The number of rotatable bonds is 16. The topological polar surface area (TPSA) is 58.6 Å². The van der Waals surface area contributed by atoms with Gasteiger partial charge in [0.25, 0.3) is 0 Å². The Morgan fingerprint density at radius 3 is 1.78 bits per heavy atom. The number of nitrogens with one attached hydrogen (secondary N) is 1. The first kappa shape index (κ1) is 22.0. The Morgan fingerprint density at radius 2 is 1.39 bits per heavy atom. The number of carbonyl (C=O) groups excluding carboxylic acids is 1. The second-order valence-corrected chi connectivity index (χ2v) is 6.32. The van der Waals surface area contributed by atoms with Crippen molar-refractivity contribution in [2.24, 2.45) is 0 Å². The summed E-state index contributed by atoms with van der Waals surface area (Å²) < 4.78 is 4.94. The van der Waals surface area contributed by atoms with Crippen LogP contribution in [-0.2, 0) is 4.74 Å². The number of ether oxygens (including phenoxy) is 1. The molecule has 0 aliphatic heterocycles. The molecule has 0 aromatic rings. The van der Waals surface area contributed by atoms with Gasteiger partial charge in [0.15, 0.2) is 0 Å². The maximum Gasteiger partial charge on any atom is 0.431 e. The predicted octanol–water partition coefficient (Wildman–Crippen LogP) is 6.14. The standard InChI is InChI=1S/C19H37NO3/c1-3-5-6-7-8-9-10-11-12-13-14-15-16-17-18(4-2)23-19(21)20-22/h4,18,22H,2-3,5-17H2,1H3,(H,20,21)/t18-/m1/s1. The molecule has 0 spiro atoms. The van der Waals surface area contributed by atoms with Gasteiger partial charge in [-0.25, -0.2) is 10.3 Å². The van der Waals surface area contributed by atoms with Crippen LogP contribution >= 0.6 is 0 Å². The Kier molecular flexibility index (Phi) is 16.5. The molecule has 0 saturated heterocycles. The molecule has 0 aliphatic carbocycles. The Morgan fingerprint density at radius 1 is 0.957 bits per heavy atom. The van der Waals surface area contributed by atoms with Crippen LogP contribution < -0.4 is 5.48 Å². The van der Waals surface area contributed by atoms with Crippen molar-refractivity contribution in [3.63, 3.8) is 0 Å². The smallest absolute Gasteiger partial charge is 0.431 e. The molecular formula is C19H37NO3. The molecule has 0 rings (SSSR count). The van der Waals surface area contributed by atoms with Gasteiger partial charge in [-0.05, 0) is 12.8 Å². The van der Waals surface area contributed by atoms with E-state index in [0.29, 0.717) is 0 Å². The number of hydroxylamine groups is 1. The van der Waals surface area contributed by atoms with Crippen LogP contribution in [0.2, 0.25) is 0 Å². The Labute approximate surface area is 142 Å². The molecule has 1 amide bonds. The van der Waals surface area contributed by atoms with Crippen LogP contribution in [-0.4, -0.2) is 17.4 Å². The zero-order chi connectivity index (χ0) is 17.2. The first-order chi connectivity index (χ1) is 11.2. The van der Waals surface area contributed by atoms with Gasteiger partial charge >= 0.3 is 6.09 Å². The highest BCUT2D eigenvalue weighted by atomic mass is 16.6. The lowest BCUT2D eigenvalue weighted by molar-refractivity contribution is 0.0679. The van der Waals surface area contributed by atoms with Crippen molar-refractivity contribution in [3.8, 4) is 0 Å². The molecule has 2 N–H and O–H groups in total. The number of unbranched alkanes of at least 4 members (excludes halogenated alkanes) is 12. The van der Waals surface area contributed by atoms with Crippen molar-refractivity contribution in [2.75, 3.05) is 0 Å². The Hall–Kier alpha value is -1.03. The van der Waals surface area contributed by atoms with Crippen LogP contribution in [0, 0.1) is 0 Å². The summed E-state index contributed by atoms with van der Waals surface area (Å²) in [4.78, 5) is 10.9. The van der Waals surface area contributed by atoms with Gasteiger partial charge in [0.2, 0.25) is 0 Å². The summed E-state index contributed by atoms with van der Waals surface area (Å²) in [5, 5.41) is 8.40. The van der Waals surface area contributed by atoms with Crippen LogP contribution in [0.1, 0.15) is 96.8 Å². The van der Waals surface area contributed by atoms with Crippen molar-refractivity contribution in [1.82, 2.24) is 5.48 Å². The van der Waals surface area contributed by atoms with Crippen molar-refractivity contribution in [3.05, 3.63) is 12.7 Å². The van der Waals surface area contributed by atoms with E-state index in [4.69, 9.17) is 9.94 Å². The molecule has 1 atom stereocenters. The minimum Gasteiger partial charge on any atom is -0.441 e. The van der Waals surface area contributed by atoms with E-state index >= 15 is 0 Å². The van der Waals surface area contributed by atoms with E-state index in [9.17, 15) is 4.79 Å². The number of hydrogen-bond acceptors (Lipinski definition) is 3. The number of amides is 1. The zero-order valence-electron chi connectivity index (χ0n) is 15.0. The molecule has 0 radical (unpaired) electrons. The second-order valence-electron chi connectivity index (χ2n) is 6.32.